The van der Waals surface area contributed by atoms with Crippen LogP contribution in [0.2, 0.25) is 5.32 Å². The molecule has 0 saturated carbocycles. The summed E-state index contributed by atoms with van der Waals surface area (Å²) in [7, 11) is 0. The third-order valence-electron chi connectivity index (χ3n) is 3.09. The maximum atomic E-state index is 6.11. The van der Waals surface area contributed by atoms with Crippen molar-refractivity contribution < 1.29 is 4.74 Å². The van der Waals surface area contributed by atoms with Gasteiger partial charge in [-0.15, -0.1) is 0 Å². The van der Waals surface area contributed by atoms with Crippen LogP contribution in [0.3, 0.4) is 0 Å². The molecule has 0 aromatic heterocycles. The van der Waals surface area contributed by atoms with E-state index in [4.69, 9.17) is 4.74 Å². The molecule has 0 N–H and O–H groups in total. The zero-order chi connectivity index (χ0) is 11.4. The molecule has 1 aliphatic rings. The van der Waals surface area contributed by atoms with Gasteiger partial charge in [-0.05, 0) is 0 Å². The molecule has 1 fully saturated rings. The van der Waals surface area contributed by atoms with Crippen LogP contribution in [-0.4, -0.2) is 26.7 Å². The molecule has 0 aliphatic carbocycles. The van der Waals surface area contributed by atoms with Gasteiger partial charge < -0.3 is 0 Å². The van der Waals surface area contributed by atoms with Crippen molar-refractivity contribution in [2.45, 2.75) is 50.1 Å². The Morgan fingerprint density at radius 1 is 1.38 bits per heavy atom. The fourth-order valence-corrected chi connectivity index (χ4v) is 4.40. The molecule has 2 atom stereocenters. The van der Waals surface area contributed by atoms with Crippen LogP contribution in [0.1, 0.15) is 33.1 Å². The number of benzene rings is 1. The Balaban J connectivity index is 1.89. The van der Waals surface area contributed by atoms with Crippen molar-refractivity contribution in [3.05, 3.63) is 30.3 Å². The Bertz CT molecular complexity index is 325. The summed E-state index contributed by atoms with van der Waals surface area (Å²) in [5.74, 6) is 0. The summed E-state index contributed by atoms with van der Waals surface area (Å²) in [6, 6.07) is 10.8. The van der Waals surface area contributed by atoms with E-state index < -0.39 is 0 Å². The van der Waals surface area contributed by atoms with Crippen LogP contribution in [0, 0.1) is 0 Å². The van der Waals surface area contributed by atoms with Gasteiger partial charge in [0.05, 0.1) is 0 Å². The molecule has 0 radical (unpaired) electrons. The van der Waals surface area contributed by atoms with Gasteiger partial charge in [0.1, 0.15) is 0 Å². The second-order valence-corrected chi connectivity index (χ2v) is 7.07. The standard InChI is InChI=1S/C14H20OSe/c1-12-7-6-10-14(2,15-12)11-16-13-8-4-3-5-9-13/h3-5,8-9,12H,6-7,10-11H2,1-2H3. The minimum atomic E-state index is 0.132. The molecular formula is C14H20OSe. The summed E-state index contributed by atoms with van der Waals surface area (Å²) in [4.78, 5) is 0. The third-order valence-corrected chi connectivity index (χ3v) is 5.94. The van der Waals surface area contributed by atoms with Gasteiger partial charge in [-0.3, -0.25) is 0 Å². The average molecular weight is 283 g/mol. The number of hydrogen-bond acceptors (Lipinski definition) is 1. The van der Waals surface area contributed by atoms with E-state index in [0.29, 0.717) is 21.1 Å². The molecule has 1 saturated heterocycles. The molecular weight excluding hydrogens is 263 g/mol. The van der Waals surface area contributed by atoms with Crippen LogP contribution < -0.4 is 4.46 Å². The fraction of sp³-hybridized carbons (Fsp3) is 0.571. The van der Waals surface area contributed by atoms with Gasteiger partial charge in [-0.2, -0.15) is 0 Å². The molecule has 0 bridgehead atoms. The second-order valence-electron chi connectivity index (χ2n) is 4.87. The van der Waals surface area contributed by atoms with Crippen molar-refractivity contribution in [2.75, 3.05) is 0 Å². The van der Waals surface area contributed by atoms with E-state index in [1.807, 2.05) is 0 Å². The Labute approximate surface area is 105 Å². The van der Waals surface area contributed by atoms with Crippen LogP contribution >= 0.6 is 0 Å². The van der Waals surface area contributed by atoms with Crippen LogP contribution in [0.5, 0.6) is 0 Å². The molecule has 16 heavy (non-hydrogen) atoms. The molecule has 1 nitrogen and oxygen atoms in total. The molecule has 88 valence electrons. The van der Waals surface area contributed by atoms with Gasteiger partial charge >= 0.3 is 105 Å². The van der Waals surface area contributed by atoms with Crippen molar-refractivity contribution in [3.8, 4) is 0 Å². The molecule has 2 rings (SSSR count). The second kappa shape index (κ2) is 5.35. The first kappa shape index (κ1) is 12.2. The Hall–Kier alpha value is -0.301. The predicted octanol–water partition coefficient (Wildman–Crippen LogP) is 2.78. The first-order valence-corrected chi connectivity index (χ1v) is 8.10. The van der Waals surface area contributed by atoms with Crippen LogP contribution in [-0.2, 0) is 4.74 Å². The summed E-state index contributed by atoms with van der Waals surface area (Å²) < 4.78 is 7.60. The molecule has 1 aromatic carbocycles. The van der Waals surface area contributed by atoms with Crippen molar-refractivity contribution in [1.29, 1.82) is 0 Å². The van der Waals surface area contributed by atoms with E-state index in [1.165, 1.54) is 29.0 Å². The molecule has 1 aliphatic heterocycles. The molecule has 1 aromatic rings. The van der Waals surface area contributed by atoms with Gasteiger partial charge in [0.25, 0.3) is 0 Å². The molecule has 0 amide bonds. The van der Waals surface area contributed by atoms with Crippen LogP contribution in [0.15, 0.2) is 30.3 Å². The minimum absolute atomic E-state index is 0.132. The normalized spacial score (nSPS) is 30.2. The van der Waals surface area contributed by atoms with Crippen molar-refractivity contribution in [3.63, 3.8) is 0 Å². The molecule has 1 heterocycles. The van der Waals surface area contributed by atoms with E-state index >= 15 is 0 Å². The van der Waals surface area contributed by atoms with E-state index in [2.05, 4.69) is 44.2 Å². The number of rotatable bonds is 3. The zero-order valence-corrected chi connectivity index (χ0v) is 11.8. The molecule has 2 unspecified atom stereocenters. The van der Waals surface area contributed by atoms with Gasteiger partial charge in [0, 0.05) is 0 Å². The van der Waals surface area contributed by atoms with E-state index in [0.717, 1.165) is 0 Å². The number of hydrogen-bond donors (Lipinski definition) is 0. The van der Waals surface area contributed by atoms with E-state index in [1.54, 1.807) is 0 Å². The fourth-order valence-electron chi connectivity index (χ4n) is 2.23. The first-order chi connectivity index (χ1) is 7.68. The van der Waals surface area contributed by atoms with Crippen LogP contribution in [0.25, 0.3) is 0 Å². The monoisotopic (exact) mass is 284 g/mol. The Kier molecular flexibility index (Phi) is 4.07. The van der Waals surface area contributed by atoms with E-state index in [9.17, 15) is 0 Å². The van der Waals surface area contributed by atoms with Crippen LogP contribution in [0.4, 0.5) is 0 Å². The maximum absolute atomic E-state index is 6.11. The summed E-state index contributed by atoms with van der Waals surface area (Å²) in [6.07, 6.45) is 4.23. The van der Waals surface area contributed by atoms with E-state index in [-0.39, 0.29) is 5.60 Å². The van der Waals surface area contributed by atoms with Gasteiger partial charge in [0.15, 0.2) is 0 Å². The molecule has 0 spiro atoms. The summed E-state index contributed by atoms with van der Waals surface area (Å²) in [5.41, 5.74) is 0.132. The van der Waals surface area contributed by atoms with Gasteiger partial charge in [0.2, 0.25) is 0 Å². The average Bonchev–Trinajstić information content (AvgIpc) is 2.28. The summed E-state index contributed by atoms with van der Waals surface area (Å²) >= 11 is 0.549. The van der Waals surface area contributed by atoms with Gasteiger partial charge in [-0.1, -0.05) is 0 Å². The number of ether oxygens (including phenoxy) is 1. The first-order valence-electron chi connectivity index (χ1n) is 6.04. The quantitative estimate of drug-likeness (QED) is 0.775. The third kappa shape index (κ3) is 3.35. The topological polar surface area (TPSA) is 9.23 Å². The summed E-state index contributed by atoms with van der Waals surface area (Å²) in [5, 5.41) is 1.20. The molecule has 2 heteroatoms. The van der Waals surface area contributed by atoms with Gasteiger partial charge in [-0.25, -0.2) is 0 Å². The SMILES string of the molecule is CC1CCCC(C)(C[Se]c2ccccc2)O1. The van der Waals surface area contributed by atoms with Crippen molar-refractivity contribution in [2.24, 2.45) is 0 Å². The Morgan fingerprint density at radius 2 is 2.12 bits per heavy atom. The Morgan fingerprint density at radius 3 is 2.81 bits per heavy atom. The predicted molar refractivity (Wildman–Crippen MR) is 69.4 cm³/mol. The zero-order valence-electron chi connectivity index (χ0n) is 10.1. The van der Waals surface area contributed by atoms with Crippen molar-refractivity contribution >= 4 is 19.4 Å². The summed E-state index contributed by atoms with van der Waals surface area (Å²) in [6.45, 7) is 4.49. The van der Waals surface area contributed by atoms with Crippen molar-refractivity contribution in [1.82, 2.24) is 0 Å².